The molecule has 1 spiro atoms. The lowest BCUT2D eigenvalue weighted by atomic mass is 9.78. The molecule has 8 aliphatic rings. The fourth-order valence-corrected chi connectivity index (χ4v) is 18.2. The highest BCUT2D eigenvalue weighted by Crippen LogP contribution is 2.44. The summed E-state index contributed by atoms with van der Waals surface area (Å²) in [4.78, 5) is 193. The fraction of sp³-hybridized carbons (Fsp3) is 0.838. The van der Waals surface area contributed by atoms with E-state index in [1.165, 1.54) is 81.5 Å². The van der Waals surface area contributed by atoms with Crippen LogP contribution in [0.5, 0.6) is 0 Å². The van der Waals surface area contributed by atoms with Gasteiger partial charge in [0, 0.05) is 73.8 Å². The Morgan fingerprint density at radius 3 is 1.77 bits per heavy atom. The number of likely N-dealkylation sites (tertiary alicyclic amines) is 1. The number of rotatable bonds is 10. The van der Waals surface area contributed by atoms with Crippen molar-refractivity contribution in [3.8, 4) is 0 Å². The average molecular weight is 1460 g/mol. The molecular weight excluding hydrogens is 1340 g/mol. The van der Waals surface area contributed by atoms with Gasteiger partial charge in [0.1, 0.15) is 59.9 Å². The first-order valence-electron chi connectivity index (χ1n) is 38.3. The summed E-state index contributed by atoms with van der Waals surface area (Å²) in [6, 6.07) is -10.7. The number of piperidine rings is 1. The molecule has 12 atom stereocenters. The van der Waals surface area contributed by atoms with E-state index in [9.17, 15) is 27.6 Å². The quantitative estimate of drug-likeness (QED) is 0.195. The van der Waals surface area contributed by atoms with Gasteiger partial charge in [-0.2, -0.15) is 13.2 Å². The minimum Gasteiger partial charge on any atom is -0.343 e. The predicted molar refractivity (Wildman–Crippen MR) is 377 cm³/mol. The van der Waals surface area contributed by atoms with Crippen LogP contribution >= 0.6 is 11.6 Å². The number of hydrogen-bond acceptors (Lipinski definition) is 12. The smallest absolute Gasteiger partial charge is 0.343 e. The predicted octanol–water partition coefficient (Wildman–Crippen LogP) is 6.63. The second kappa shape index (κ2) is 35.7. The third-order valence-corrected chi connectivity index (χ3v) is 24.7. The van der Waals surface area contributed by atoms with Gasteiger partial charge < -0.3 is 60.0 Å². The molecule has 4 aliphatic carbocycles. The second-order valence-electron chi connectivity index (χ2n) is 32.1. The molecule has 3 N–H and O–H groups in total. The van der Waals surface area contributed by atoms with Gasteiger partial charge in [-0.05, 0) is 146 Å². The van der Waals surface area contributed by atoms with Crippen molar-refractivity contribution in [3.05, 3.63) is 0 Å². The minimum absolute atomic E-state index is 0.00302. The first-order valence-corrected chi connectivity index (χ1v) is 38.7. The van der Waals surface area contributed by atoms with Crippen LogP contribution in [0.25, 0.3) is 0 Å². The van der Waals surface area contributed by atoms with Crippen LogP contribution in [0.1, 0.15) is 214 Å². The van der Waals surface area contributed by atoms with E-state index in [2.05, 4.69) is 16.0 Å². The average Bonchev–Trinajstić information content (AvgIpc) is 1.09. The van der Waals surface area contributed by atoms with Gasteiger partial charge in [0.15, 0.2) is 0 Å². The number of carbonyl (C=O) groups excluding carboxylic acids is 12. The Bertz CT molecular complexity index is 3010. The minimum atomic E-state index is -4.51. The van der Waals surface area contributed by atoms with Crippen LogP contribution in [0.3, 0.4) is 0 Å². The van der Waals surface area contributed by atoms with Gasteiger partial charge in [-0.15, -0.1) is 11.6 Å². The topological polar surface area (TPSA) is 270 Å². The molecular formula is C74H118ClF3N12O12. The highest BCUT2D eigenvalue weighted by molar-refractivity contribution is 6.21. The van der Waals surface area contributed by atoms with Gasteiger partial charge in [0.25, 0.3) is 0 Å². The summed E-state index contributed by atoms with van der Waals surface area (Å²) in [5, 5.41) is 7.75. The van der Waals surface area contributed by atoms with Crippen LogP contribution in [-0.2, 0) is 57.5 Å². The van der Waals surface area contributed by atoms with E-state index in [-0.39, 0.29) is 107 Å². The zero-order valence-corrected chi connectivity index (χ0v) is 63.3. The van der Waals surface area contributed by atoms with Crippen LogP contribution in [0, 0.1) is 35.5 Å². The Balaban J connectivity index is 1.16. The molecule has 0 aromatic rings. The van der Waals surface area contributed by atoms with Crippen molar-refractivity contribution in [1.29, 1.82) is 0 Å². The van der Waals surface area contributed by atoms with Gasteiger partial charge >= 0.3 is 6.18 Å². The molecule has 0 aromatic heterocycles. The van der Waals surface area contributed by atoms with Crippen molar-refractivity contribution in [2.45, 2.75) is 286 Å². The molecule has 0 bridgehead atoms. The van der Waals surface area contributed by atoms with Gasteiger partial charge in [-0.25, -0.2) is 0 Å². The zero-order valence-electron chi connectivity index (χ0n) is 62.5. The van der Waals surface area contributed by atoms with E-state index < -0.39 is 167 Å². The molecule has 4 saturated carbocycles. The molecule has 3 unspecified atom stereocenters. The monoisotopic (exact) mass is 1460 g/mol. The second-order valence-corrected chi connectivity index (χ2v) is 32.6. The molecule has 4 aliphatic heterocycles. The van der Waals surface area contributed by atoms with Crippen molar-refractivity contribution >= 4 is 82.5 Å². The van der Waals surface area contributed by atoms with Crippen LogP contribution in [-0.4, -0.2) is 261 Å². The summed E-state index contributed by atoms with van der Waals surface area (Å²) in [7, 11) is 8.78. The summed E-state index contributed by atoms with van der Waals surface area (Å²) >= 11 is 6.42. The molecule has 102 heavy (non-hydrogen) atoms. The lowest BCUT2D eigenvalue weighted by Crippen LogP contribution is -2.65. The third kappa shape index (κ3) is 19.2. The van der Waals surface area contributed by atoms with E-state index in [1.54, 1.807) is 25.7 Å². The maximum atomic E-state index is 15.5. The Morgan fingerprint density at radius 1 is 0.569 bits per heavy atom. The Labute approximate surface area is 607 Å². The van der Waals surface area contributed by atoms with E-state index in [0.717, 1.165) is 57.8 Å². The number of nitrogens with one attached hydrogen (secondary N) is 3. The Morgan fingerprint density at radius 2 is 1.19 bits per heavy atom. The first kappa shape index (κ1) is 81.4. The lowest BCUT2D eigenvalue weighted by Gasteiger charge is -2.45. The molecule has 8 rings (SSSR count). The summed E-state index contributed by atoms with van der Waals surface area (Å²) in [6.45, 7) is 9.26. The lowest BCUT2D eigenvalue weighted by molar-refractivity contribution is -0.182. The van der Waals surface area contributed by atoms with Crippen LogP contribution < -0.4 is 16.0 Å². The van der Waals surface area contributed by atoms with Gasteiger partial charge in [-0.3, -0.25) is 57.5 Å². The Kier molecular flexibility index (Phi) is 28.5. The van der Waals surface area contributed by atoms with Crippen molar-refractivity contribution in [3.63, 3.8) is 0 Å². The number of carbonyl (C=O) groups is 12. The number of amides is 12. The normalized spacial score (nSPS) is 31.4. The maximum Gasteiger partial charge on any atom is 0.393 e. The number of fused-ring (bicyclic) bond motifs is 2. The van der Waals surface area contributed by atoms with Crippen LogP contribution in [0.2, 0.25) is 0 Å². The SMILES string of the molecule is CC(C)C[C@H]1C(=O)N[C@@H](C2CCCCC2)C(=O)N(C)[C@@H](C)C(=O)N2CC[C@H]2C(=O)N(C)[C@@H](CC2CCCCC2)C(=O)N(C)CC(=O)N[C@@H](CCC2CCC(C(F)(F)F)C(Cl)C2)C(=O)N2CCC[C@H]2C(=O)NC2(CCCC2)C(=O)N(C)[C@@H](C(C)C)C(=O)N(C)[C@H](C(=O)N2CCCCC2)CC(=O)N1C. The molecule has 4 saturated heterocycles. The standard InChI is InChI=1S/C74H118ClF3N12O12/c1-45(2)40-56-63(93)80-61(50-26-17-13-18-27-50)70(100)83(7)47(5)65(95)90-39-33-55(90)68(98)85(9)57(42-48-24-15-12-16-25-48)67(97)82(6)44-59(91)79-53(32-30-49-29-31-51(52(75)41-49)74(76,77)78)66(96)89-38-23-28-54(89)64(94)81-73(34-19-20-35-73)72(102)87(11)62(46(3)4)71(101)86(10)58(43-60(92)84(56)8)69(99)88-36-21-14-22-37-88/h45-58,61-62H,12-44H2,1-11H3,(H,79,91)(H,80,93)(H,81,94)/t47-,49?,51?,52?,53-,54-,55-,56-,57-,58-,61-,62-/m0/s1. The summed E-state index contributed by atoms with van der Waals surface area (Å²) in [6.07, 6.45) is 7.95. The number of alkyl halides is 4. The van der Waals surface area contributed by atoms with Gasteiger partial charge in [0.2, 0.25) is 70.9 Å². The van der Waals surface area contributed by atoms with Crippen molar-refractivity contribution in [1.82, 2.24) is 60.0 Å². The molecule has 4 heterocycles. The number of likely N-dealkylation sites (N-methyl/N-ethyl adjacent to an activating group) is 6. The van der Waals surface area contributed by atoms with Crippen LogP contribution in [0.15, 0.2) is 0 Å². The molecule has 24 nitrogen and oxygen atoms in total. The molecule has 574 valence electrons. The molecule has 12 amide bonds. The van der Waals surface area contributed by atoms with Crippen molar-refractivity contribution < 1.29 is 70.7 Å². The molecule has 28 heteroatoms. The summed E-state index contributed by atoms with van der Waals surface area (Å²) in [5.41, 5.74) is -1.56. The van der Waals surface area contributed by atoms with E-state index in [4.69, 9.17) is 11.6 Å². The first-order chi connectivity index (χ1) is 48.2. The van der Waals surface area contributed by atoms with Crippen molar-refractivity contribution in [2.24, 2.45) is 35.5 Å². The number of nitrogens with zero attached hydrogens (tertiary/aromatic N) is 9. The summed E-state index contributed by atoms with van der Waals surface area (Å²) in [5.74, 6) is -10.3. The highest BCUT2D eigenvalue weighted by atomic mass is 35.5. The van der Waals surface area contributed by atoms with E-state index >= 15 is 43.2 Å². The molecule has 8 fully saturated rings. The number of halogens is 4. The van der Waals surface area contributed by atoms with E-state index in [1.807, 2.05) is 13.8 Å². The van der Waals surface area contributed by atoms with Crippen LogP contribution in [0.4, 0.5) is 13.2 Å². The van der Waals surface area contributed by atoms with E-state index in [0.29, 0.717) is 58.0 Å². The molecule has 0 aromatic carbocycles. The Hall–Kier alpha value is -6.28. The zero-order chi connectivity index (χ0) is 74.8. The fourth-order valence-electron chi connectivity index (χ4n) is 17.7. The maximum absolute atomic E-state index is 15.5. The largest absolute Gasteiger partial charge is 0.393 e. The van der Waals surface area contributed by atoms with Gasteiger partial charge in [0.05, 0.1) is 18.9 Å². The summed E-state index contributed by atoms with van der Waals surface area (Å²) < 4.78 is 42.1. The molecule has 0 radical (unpaired) electrons. The number of hydrogen-bond donors (Lipinski definition) is 3. The highest BCUT2D eigenvalue weighted by Gasteiger charge is 2.53. The van der Waals surface area contributed by atoms with Crippen molar-refractivity contribution in [2.75, 3.05) is 75.0 Å². The van der Waals surface area contributed by atoms with Gasteiger partial charge in [-0.1, -0.05) is 91.9 Å². The third-order valence-electron chi connectivity index (χ3n) is 24.2.